The van der Waals surface area contributed by atoms with Gasteiger partial charge in [-0.25, -0.2) is 4.98 Å². The van der Waals surface area contributed by atoms with Gasteiger partial charge in [0.05, 0.1) is 0 Å². The van der Waals surface area contributed by atoms with E-state index in [4.69, 9.17) is 11.6 Å². The van der Waals surface area contributed by atoms with Gasteiger partial charge in [-0.2, -0.15) is 0 Å². The molecule has 2 aromatic rings. The first-order valence-corrected chi connectivity index (χ1v) is 9.14. The third-order valence-corrected chi connectivity index (χ3v) is 4.26. The van der Waals surface area contributed by atoms with Gasteiger partial charge in [0.15, 0.2) is 0 Å². The molecule has 6 heteroatoms. The number of benzene rings is 1. The Hall–Kier alpha value is -2.40. The van der Waals surface area contributed by atoms with Crippen molar-refractivity contribution in [1.82, 2.24) is 15.2 Å². The summed E-state index contributed by atoms with van der Waals surface area (Å²) < 4.78 is 0. The summed E-state index contributed by atoms with van der Waals surface area (Å²) in [4.78, 5) is 30.5. The number of carbonyl (C=O) groups is 2. The van der Waals surface area contributed by atoms with Gasteiger partial charge < -0.3 is 10.2 Å². The first kappa shape index (κ1) is 19.9. The molecule has 0 spiro atoms. The van der Waals surface area contributed by atoms with Crippen LogP contribution in [0, 0.1) is 0 Å². The molecule has 138 valence electrons. The highest BCUT2D eigenvalue weighted by Gasteiger charge is 2.15. The Morgan fingerprint density at radius 2 is 1.81 bits per heavy atom. The van der Waals surface area contributed by atoms with Crippen LogP contribution < -0.4 is 5.32 Å². The molecule has 0 aliphatic carbocycles. The Labute approximate surface area is 159 Å². The molecule has 2 amide bonds. The largest absolute Gasteiger partial charge is 0.350 e. The molecule has 2 rings (SSSR count). The number of hydrogen-bond donors (Lipinski definition) is 1. The Kier molecular flexibility index (Phi) is 7.60. The molecule has 5 nitrogen and oxygen atoms in total. The molecule has 0 fully saturated rings. The predicted molar refractivity (Wildman–Crippen MR) is 104 cm³/mol. The number of unbranched alkanes of at least 4 members (excludes halogenated alkanes) is 1. The van der Waals surface area contributed by atoms with Gasteiger partial charge in [0, 0.05) is 25.2 Å². The number of pyridine rings is 1. The molecule has 0 saturated carbocycles. The Bertz CT molecular complexity index is 747. The standard InChI is InChI=1S/C20H24ClN3O2/c1-3-4-14-24(2)20(26)18-7-5-6-17(23-18)19(25)22-13-12-15-8-10-16(21)11-9-15/h5-11H,3-4,12-14H2,1-2H3,(H,22,25). The molecule has 1 aromatic heterocycles. The smallest absolute Gasteiger partial charge is 0.272 e. The van der Waals surface area contributed by atoms with Gasteiger partial charge in [-0.3, -0.25) is 9.59 Å². The van der Waals surface area contributed by atoms with Crippen LogP contribution >= 0.6 is 11.6 Å². The summed E-state index contributed by atoms with van der Waals surface area (Å²) in [7, 11) is 1.75. The Morgan fingerprint density at radius 3 is 2.50 bits per heavy atom. The number of amides is 2. The SMILES string of the molecule is CCCCN(C)C(=O)c1cccc(C(=O)NCCc2ccc(Cl)cc2)n1. The first-order chi connectivity index (χ1) is 12.5. The van der Waals surface area contributed by atoms with E-state index in [0.29, 0.717) is 24.5 Å². The molecule has 1 heterocycles. The minimum Gasteiger partial charge on any atom is -0.350 e. The monoisotopic (exact) mass is 373 g/mol. The van der Waals surface area contributed by atoms with E-state index in [9.17, 15) is 9.59 Å². The number of rotatable bonds is 8. The number of hydrogen-bond acceptors (Lipinski definition) is 3. The van der Waals surface area contributed by atoms with Crippen LogP contribution in [0.1, 0.15) is 46.3 Å². The highest BCUT2D eigenvalue weighted by Crippen LogP contribution is 2.09. The number of nitrogens with one attached hydrogen (secondary N) is 1. The zero-order chi connectivity index (χ0) is 18.9. The second-order valence-electron chi connectivity index (χ2n) is 6.12. The van der Waals surface area contributed by atoms with Crippen LogP contribution in [0.15, 0.2) is 42.5 Å². The molecular formula is C20H24ClN3O2. The molecule has 0 aliphatic rings. The Morgan fingerprint density at radius 1 is 1.12 bits per heavy atom. The van der Waals surface area contributed by atoms with E-state index in [2.05, 4.69) is 17.2 Å². The van der Waals surface area contributed by atoms with E-state index < -0.39 is 0 Å². The maximum absolute atomic E-state index is 12.4. The van der Waals surface area contributed by atoms with Crippen molar-refractivity contribution in [3.8, 4) is 0 Å². The van der Waals surface area contributed by atoms with Crippen molar-refractivity contribution in [1.29, 1.82) is 0 Å². The topological polar surface area (TPSA) is 62.3 Å². The fourth-order valence-corrected chi connectivity index (χ4v) is 2.56. The fourth-order valence-electron chi connectivity index (χ4n) is 2.43. The van der Waals surface area contributed by atoms with Crippen molar-refractivity contribution in [2.45, 2.75) is 26.2 Å². The van der Waals surface area contributed by atoms with Gasteiger partial charge in [-0.1, -0.05) is 43.1 Å². The molecule has 0 unspecified atom stereocenters. The van der Waals surface area contributed by atoms with Crippen LogP contribution in [-0.4, -0.2) is 41.8 Å². The molecule has 0 aliphatic heterocycles. The molecule has 1 aromatic carbocycles. The second kappa shape index (κ2) is 9.92. The fraction of sp³-hybridized carbons (Fsp3) is 0.350. The second-order valence-corrected chi connectivity index (χ2v) is 6.56. The van der Waals surface area contributed by atoms with Gasteiger partial charge in [0.25, 0.3) is 11.8 Å². The number of nitrogens with zero attached hydrogens (tertiary/aromatic N) is 2. The number of aromatic nitrogens is 1. The number of carbonyl (C=O) groups excluding carboxylic acids is 2. The number of halogens is 1. The summed E-state index contributed by atoms with van der Waals surface area (Å²) in [6, 6.07) is 12.4. The zero-order valence-corrected chi connectivity index (χ0v) is 15.9. The molecule has 0 atom stereocenters. The van der Waals surface area contributed by atoms with Gasteiger partial charge in [0.2, 0.25) is 0 Å². The third-order valence-electron chi connectivity index (χ3n) is 4.01. The summed E-state index contributed by atoms with van der Waals surface area (Å²) in [6.45, 7) is 3.23. The lowest BCUT2D eigenvalue weighted by molar-refractivity contribution is 0.0787. The maximum Gasteiger partial charge on any atom is 0.272 e. The van der Waals surface area contributed by atoms with E-state index in [0.717, 1.165) is 18.4 Å². The van der Waals surface area contributed by atoms with E-state index in [1.807, 2.05) is 24.3 Å². The molecule has 1 N–H and O–H groups in total. The lowest BCUT2D eigenvalue weighted by atomic mass is 10.1. The van der Waals surface area contributed by atoms with E-state index >= 15 is 0 Å². The van der Waals surface area contributed by atoms with Crippen molar-refractivity contribution in [2.75, 3.05) is 20.1 Å². The van der Waals surface area contributed by atoms with E-state index in [1.54, 1.807) is 30.1 Å². The average Bonchev–Trinajstić information content (AvgIpc) is 2.67. The minimum absolute atomic E-state index is 0.172. The predicted octanol–water partition coefficient (Wildman–Crippen LogP) is 3.58. The van der Waals surface area contributed by atoms with Crippen LogP contribution in [0.5, 0.6) is 0 Å². The lowest BCUT2D eigenvalue weighted by Gasteiger charge is -2.16. The van der Waals surface area contributed by atoms with Gasteiger partial charge in [0.1, 0.15) is 11.4 Å². The van der Waals surface area contributed by atoms with Crippen molar-refractivity contribution >= 4 is 23.4 Å². The van der Waals surface area contributed by atoms with Crippen LogP contribution in [0.4, 0.5) is 0 Å². The molecule has 26 heavy (non-hydrogen) atoms. The van der Waals surface area contributed by atoms with Gasteiger partial charge in [-0.15, -0.1) is 0 Å². The zero-order valence-electron chi connectivity index (χ0n) is 15.2. The molecule has 0 radical (unpaired) electrons. The summed E-state index contributed by atoms with van der Waals surface area (Å²) >= 11 is 5.86. The van der Waals surface area contributed by atoms with Gasteiger partial charge >= 0.3 is 0 Å². The summed E-state index contributed by atoms with van der Waals surface area (Å²) in [6.07, 6.45) is 2.65. The van der Waals surface area contributed by atoms with E-state index in [-0.39, 0.29) is 23.2 Å². The van der Waals surface area contributed by atoms with Gasteiger partial charge in [-0.05, 0) is 42.7 Å². The van der Waals surface area contributed by atoms with Crippen LogP contribution in [0.2, 0.25) is 5.02 Å². The normalized spacial score (nSPS) is 10.4. The van der Waals surface area contributed by atoms with E-state index in [1.165, 1.54) is 0 Å². The maximum atomic E-state index is 12.4. The highest BCUT2D eigenvalue weighted by atomic mass is 35.5. The summed E-state index contributed by atoms with van der Waals surface area (Å²) in [5.41, 5.74) is 1.62. The molecule has 0 bridgehead atoms. The third kappa shape index (κ3) is 5.85. The van der Waals surface area contributed by atoms with Crippen LogP contribution in [0.3, 0.4) is 0 Å². The highest BCUT2D eigenvalue weighted by molar-refractivity contribution is 6.30. The summed E-state index contributed by atoms with van der Waals surface area (Å²) in [5, 5.41) is 3.52. The lowest BCUT2D eigenvalue weighted by Crippen LogP contribution is -2.30. The first-order valence-electron chi connectivity index (χ1n) is 8.76. The minimum atomic E-state index is -0.287. The van der Waals surface area contributed by atoms with Crippen LogP contribution in [-0.2, 0) is 6.42 Å². The van der Waals surface area contributed by atoms with Crippen LogP contribution in [0.25, 0.3) is 0 Å². The van der Waals surface area contributed by atoms with Crippen molar-refractivity contribution in [3.05, 3.63) is 64.4 Å². The summed E-state index contributed by atoms with van der Waals surface area (Å²) in [5.74, 6) is -0.459. The molecular weight excluding hydrogens is 350 g/mol. The van der Waals surface area contributed by atoms with Crippen molar-refractivity contribution < 1.29 is 9.59 Å². The average molecular weight is 374 g/mol. The Balaban J connectivity index is 1.92. The van der Waals surface area contributed by atoms with Crippen molar-refractivity contribution in [3.63, 3.8) is 0 Å². The quantitative estimate of drug-likeness (QED) is 0.769. The molecule has 0 saturated heterocycles. The van der Waals surface area contributed by atoms with Crippen molar-refractivity contribution in [2.24, 2.45) is 0 Å².